The first-order valence-electron chi connectivity index (χ1n) is 3.59. The summed E-state index contributed by atoms with van der Waals surface area (Å²) in [7, 11) is 0. The molecule has 1 aromatic rings. The van der Waals surface area contributed by atoms with Crippen molar-refractivity contribution in [3.05, 3.63) is 28.0 Å². The number of nitrogens with zero attached hydrogens (tertiary/aromatic N) is 2. The van der Waals surface area contributed by atoms with E-state index < -0.39 is 34.4 Å². The Hall–Kier alpha value is -1.74. The molecule has 0 saturated carbocycles. The summed E-state index contributed by atoms with van der Waals surface area (Å²) >= 11 is 5.39. The number of aromatic nitrogens is 1. The van der Waals surface area contributed by atoms with Crippen LogP contribution < -0.4 is 0 Å². The summed E-state index contributed by atoms with van der Waals surface area (Å²) < 4.78 is 24.8. The minimum atomic E-state index is -2.97. The van der Waals surface area contributed by atoms with Crippen LogP contribution in [0.5, 0.6) is 0 Å². The molecule has 7 heteroatoms. The maximum absolute atomic E-state index is 12.4. The molecule has 0 atom stereocenters. The van der Waals surface area contributed by atoms with Crippen LogP contribution in [-0.2, 0) is 0 Å². The van der Waals surface area contributed by atoms with E-state index in [0.29, 0.717) is 6.07 Å². The molecule has 1 aromatic heterocycles. The monoisotopic (exact) mass is 232 g/mol. The van der Waals surface area contributed by atoms with Gasteiger partial charge >= 0.3 is 5.97 Å². The van der Waals surface area contributed by atoms with Gasteiger partial charge in [-0.3, -0.25) is 0 Å². The van der Waals surface area contributed by atoms with Crippen molar-refractivity contribution in [2.45, 2.75) is 6.43 Å². The highest BCUT2D eigenvalue weighted by Gasteiger charge is 2.20. The molecule has 0 aliphatic heterocycles. The molecule has 4 nitrogen and oxygen atoms in total. The van der Waals surface area contributed by atoms with E-state index in [1.165, 1.54) is 6.07 Å². The normalized spacial score (nSPS) is 10.1. The van der Waals surface area contributed by atoms with Crippen LogP contribution >= 0.6 is 11.6 Å². The van der Waals surface area contributed by atoms with Crippen LogP contribution in [0.15, 0.2) is 6.07 Å². The van der Waals surface area contributed by atoms with Crippen LogP contribution in [0.1, 0.15) is 28.0 Å². The molecular weight excluding hydrogens is 230 g/mol. The number of halogens is 3. The Labute approximate surface area is 87.7 Å². The highest BCUT2D eigenvalue weighted by atomic mass is 35.5. The zero-order chi connectivity index (χ0) is 11.6. The van der Waals surface area contributed by atoms with Crippen molar-refractivity contribution < 1.29 is 18.7 Å². The largest absolute Gasteiger partial charge is 0.477 e. The predicted molar refractivity (Wildman–Crippen MR) is 45.9 cm³/mol. The Kier molecular flexibility index (Phi) is 3.17. The predicted octanol–water partition coefficient (Wildman–Crippen LogP) is 2.24. The van der Waals surface area contributed by atoms with E-state index in [1.54, 1.807) is 0 Å². The van der Waals surface area contributed by atoms with Crippen molar-refractivity contribution in [3.8, 4) is 6.07 Å². The molecule has 0 bridgehead atoms. The van der Waals surface area contributed by atoms with Gasteiger partial charge in [-0.05, 0) is 6.07 Å². The number of rotatable bonds is 2. The number of carboxylic acid groups (broad SMARTS) is 1. The summed E-state index contributed by atoms with van der Waals surface area (Å²) in [6.45, 7) is 0. The summed E-state index contributed by atoms with van der Waals surface area (Å²) in [4.78, 5) is 13.8. The van der Waals surface area contributed by atoms with Gasteiger partial charge in [0.2, 0.25) is 0 Å². The second-order valence-electron chi connectivity index (χ2n) is 2.48. The zero-order valence-corrected chi connectivity index (χ0v) is 7.79. The lowest BCUT2D eigenvalue weighted by molar-refractivity contribution is 0.0690. The first-order valence-corrected chi connectivity index (χ1v) is 3.97. The van der Waals surface area contributed by atoms with Gasteiger partial charge in [0.1, 0.15) is 11.2 Å². The lowest BCUT2D eigenvalue weighted by atomic mass is 10.1. The molecule has 0 aliphatic rings. The molecule has 0 radical (unpaired) electrons. The molecule has 78 valence electrons. The molecule has 0 saturated heterocycles. The van der Waals surface area contributed by atoms with Gasteiger partial charge in [0.15, 0.2) is 5.69 Å². The lowest BCUT2D eigenvalue weighted by Crippen LogP contribution is -2.04. The van der Waals surface area contributed by atoms with E-state index in [-0.39, 0.29) is 0 Å². The minimum Gasteiger partial charge on any atom is -0.477 e. The fraction of sp³-hybridized carbons (Fsp3) is 0.125. The Balaban J connectivity index is 3.47. The highest BCUT2D eigenvalue weighted by Crippen LogP contribution is 2.27. The SMILES string of the molecule is N#Cc1c(C(F)F)cc(C(=O)O)nc1Cl. The maximum atomic E-state index is 12.4. The van der Waals surface area contributed by atoms with Crippen molar-refractivity contribution in [3.63, 3.8) is 0 Å². The van der Waals surface area contributed by atoms with Crippen LogP contribution in [0.4, 0.5) is 8.78 Å². The van der Waals surface area contributed by atoms with Gasteiger partial charge in [-0.15, -0.1) is 0 Å². The Morgan fingerprint density at radius 1 is 1.67 bits per heavy atom. The molecule has 0 amide bonds. The molecule has 1 rings (SSSR count). The van der Waals surface area contributed by atoms with Gasteiger partial charge < -0.3 is 5.11 Å². The van der Waals surface area contributed by atoms with Crippen molar-refractivity contribution in [1.82, 2.24) is 4.98 Å². The van der Waals surface area contributed by atoms with E-state index in [1.807, 2.05) is 0 Å². The molecule has 0 spiro atoms. The summed E-state index contributed by atoms with van der Waals surface area (Å²) in [6.07, 6.45) is -2.97. The second kappa shape index (κ2) is 4.19. The minimum absolute atomic E-state index is 0.503. The number of aromatic carboxylic acids is 1. The van der Waals surface area contributed by atoms with Crippen molar-refractivity contribution in [2.24, 2.45) is 0 Å². The number of alkyl halides is 2. The van der Waals surface area contributed by atoms with E-state index in [4.69, 9.17) is 22.0 Å². The zero-order valence-electron chi connectivity index (χ0n) is 7.04. The number of hydrogen-bond donors (Lipinski definition) is 1. The number of hydrogen-bond acceptors (Lipinski definition) is 3. The highest BCUT2D eigenvalue weighted by molar-refractivity contribution is 6.30. The van der Waals surface area contributed by atoms with Crippen molar-refractivity contribution in [2.75, 3.05) is 0 Å². The average Bonchev–Trinajstić information content (AvgIpc) is 2.16. The summed E-state index contributed by atoms with van der Waals surface area (Å²) in [6, 6.07) is 2.08. The van der Waals surface area contributed by atoms with Gasteiger partial charge in [-0.1, -0.05) is 11.6 Å². The van der Waals surface area contributed by atoms with Crippen LogP contribution in [0, 0.1) is 11.3 Å². The molecule has 1 N–H and O–H groups in total. The Morgan fingerprint density at radius 2 is 2.27 bits per heavy atom. The van der Waals surface area contributed by atoms with E-state index >= 15 is 0 Å². The van der Waals surface area contributed by atoms with E-state index in [2.05, 4.69) is 4.98 Å². The first kappa shape index (κ1) is 11.3. The third-order valence-electron chi connectivity index (χ3n) is 1.57. The molecule has 0 fully saturated rings. The molecule has 1 heterocycles. The fourth-order valence-corrected chi connectivity index (χ4v) is 1.17. The average molecular weight is 233 g/mol. The third-order valence-corrected chi connectivity index (χ3v) is 1.85. The van der Waals surface area contributed by atoms with Gasteiger partial charge in [0, 0.05) is 5.56 Å². The van der Waals surface area contributed by atoms with Gasteiger partial charge in [-0.2, -0.15) is 5.26 Å². The van der Waals surface area contributed by atoms with Crippen LogP contribution in [0.3, 0.4) is 0 Å². The molecule has 0 unspecified atom stereocenters. The topological polar surface area (TPSA) is 74.0 Å². The van der Waals surface area contributed by atoms with E-state index in [0.717, 1.165) is 0 Å². The van der Waals surface area contributed by atoms with Gasteiger partial charge in [0.25, 0.3) is 6.43 Å². The number of carboxylic acids is 1. The van der Waals surface area contributed by atoms with Crippen LogP contribution in [-0.4, -0.2) is 16.1 Å². The number of pyridine rings is 1. The van der Waals surface area contributed by atoms with Crippen molar-refractivity contribution >= 4 is 17.6 Å². The quantitative estimate of drug-likeness (QED) is 0.794. The molecule has 0 aliphatic carbocycles. The van der Waals surface area contributed by atoms with E-state index in [9.17, 15) is 13.6 Å². The second-order valence-corrected chi connectivity index (χ2v) is 2.84. The van der Waals surface area contributed by atoms with Gasteiger partial charge in [-0.25, -0.2) is 18.6 Å². The summed E-state index contributed by atoms with van der Waals surface area (Å²) in [5, 5.41) is 16.5. The number of nitriles is 1. The van der Waals surface area contributed by atoms with Gasteiger partial charge in [0.05, 0.1) is 5.56 Å². The lowest BCUT2D eigenvalue weighted by Gasteiger charge is -2.05. The molecular formula is C8H3ClF2N2O2. The van der Waals surface area contributed by atoms with Crippen LogP contribution in [0.25, 0.3) is 0 Å². The smallest absolute Gasteiger partial charge is 0.354 e. The Morgan fingerprint density at radius 3 is 2.67 bits per heavy atom. The summed E-state index contributed by atoms with van der Waals surface area (Å²) in [5.41, 5.74) is -1.85. The maximum Gasteiger partial charge on any atom is 0.354 e. The fourth-order valence-electron chi connectivity index (χ4n) is 0.925. The Bertz CT molecular complexity index is 457. The standard InChI is InChI=1S/C8H3ClF2N2O2/c9-6-4(2-12)3(7(10)11)1-5(13-6)8(14)15/h1,7H,(H,14,15). The third kappa shape index (κ3) is 2.19. The van der Waals surface area contributed by atoms with Crippen LogP contribution in [0.2, 0.25) is 5.15 Å². The summed E-state index contributed by atoms with van der Waals surface area (Å²) in [5.74, 6) is -1.48. The number of carbonyl (C=O) groups is 1. The molecule has 15 heavy (non-hydrogen) atoms. The molecule has 0 aromatic carbocycles. The first-order chi connectivity index (χ1) is 6.97. The van der Waals surface area contributed by atoms with Crippen molar-refractivity contribution in [1.29, 1.82) is 5.26 Å².